The molecule has 7 heteroatoms. The first-order chi connectivity index (χ1) is 12.0. The Kier molecular flexibility index (Phi) is 5.24. The Bertz CT molecular complexity index is 869. The summed E-state index contributed by atoms with van der Waals surface area (Å²) in [6.07, 6.45) is 0.604. The fraction of sp³-hybridized carbons (Fsp3) is 0.167. The van der Waals surface area contributed by atoms with E-state index in [-0.39, 0.29) is 30.7 Å². The first kappa shape index (κ1) is 17.7. The average molecular weight is 419 g/mol. The van der Waals surface area contributed by atoms with Crippen molar-refractivity contribution < 1.29 is 14.4 Å². The van der Waals surface area contributed by atoms with Crippen LogP contribution in [0.1, 0.15) is 33.6 Å². The highest BCUT2D eigenvalue weighted by Crippen LogP contribution is 2.26. The molecule has 0 aliphatic carbocycles. The highest BCUT2D eigenvalue weighted by Gasteiger charge is 2.35. The van der Waals surface area contributed by atoms with Crippen LogP contribution in [-0.2, 0) is 4.79 Å². The molecule has 25 heavy (non-hydrogen) atoms. The Balaban J connectivity index is 1.56. The molecule has 1 heterocycles. The lowest BCUT2D eigenvalue weighted by atomic mass is 10.1. The van der Waals surface area contributed by atoms with E-state index in [0.717, 1.165) is 4.47 Å². The van der Waals surface area contributed by atoms with Gasteiger partial charge in [0.1, 0.15) is 0 Å². The molecular formula is C18H15BrN2O3S. The van der Waals surface area contributed by atoms with E-state index < -0.39 is 0 Å². The van der Waals surface area contributed by atoms with Gasteiger partial charge in [-0.05, 0) is 36.8 Å². The number of rotatable bonds is 5. The van der Waals surface area contributed by atoms with Crippen molar-refractivity contribution in [2.75, 3.05) is 11.9 Å². The predicted octanol–water partition coefficient (Wildman–Crippen LogP) is 3.75. The number of hydrogen-bond donors (Lipinski definition) is 2. The highest BCUT2D eigenvalue weighted by molar-refractivity contribution is 9.10. The van der Waals surface area contributed by atoms with Gasteiger partial charge in [-0.1, -0.05) is 28.1 Å². The molecule has 1 aliphatic rings. The molecule has 1 aliphatic heterocycles. The first-order valence-corrected chi connectivity index (χ1v) is 8.95. The smallest absolute Gasteiger partial charge is 0.261 e. The molecule has 0 atom stereocenters. The number of imide groups is 1. The van der Waals surface area contributed by atoms with Crippen molar-refractivity contribution in [3.8, 4) is 0 Å². The summed E-state index contributed by atoms with van der Waals surface area (Å²) < 4.78 is 0.749. The summed E-state index contributed by atoms with van der Waals surface area (Å²) in [5.41, 5.74) is 1.44. The van der Waals surface area contributed by atoms with Gasteiger partial charge in [0.2, 0.25) is 5.91 Å². The van der Waals surface area contributed by atoms with Crippen molar-refractivity contribution >= 4 is 52.0 Å². The topological polar surface area (TPSA) is 66.5 Å². The molecule has 1 N–H and O–H groups in total. The number of benzene rings is 2. The number of amides is 3. The number of hydrogen-bond acceptors (Lipinski definition) is 4. The van der Waals surface area contributed by atoms with Crippen LogP contribution < -0.4 is 5.32 Å². The third-order valence-corrected chi connectivity index (χ3v) is 4.78. The van der Waals surface area contributed by atoms with E-state index in [1.54, 1.807) is 30.3 Å². The van der Waals surface area contributed by atoms with Crippen LogP contribution in [0.3, 0.4) is 0 Å². The van der Waals surface area contributed by atoms with Crippen LogP contribution in [0, 0.1) is 0 Å². The van der Waals surface area contributed by atoms with Crippen LogP contribution in [0.5, 0.6) is 0 Å². The van der Waals surface area contributed by atoms with Gasteiger partial charge in [-0.25, -0.2) is 0 Å². The van der Waals surface area contributed by atoms with Crippen LogP contribution >= 0.6 is 28.6 Å². The third-order valence-electron chi connectivity index (χ3n) is 3.90. The summed E-state index contributed by atoms with van der Waals surface area (Å²) in [6, 6.07) is 12.2. The highest BCUT2D eigenvalue weighted by atomic mass is 79.9. The molecule has 0 fully saturated rings. The number of halogens is 1. The Morgan fingerprint density at radius 3 is 2.56 bits per heavy atom. The lowest BCUT2D eigenvalue weighted by Gasteiger charge is -2.13. The van der Waals surface area contributed by atoms with Crippen molar-refractivity contribution in [2.45, 2.75) is 17.7 Å². The molecule has 3 rings (SSSR count). The minimum absolute atomic E-state index is 0.180. The summed E-state index contributed by atoms with van der Waals surface area (Å²) in [7, 11) is 0. The van der Waals surface area contributed by atoms with E-state index >= 15 is 0 Å². The largest absolute Gasteiger partial charge is 0.325 e. The molecule has 0 aromatic heterocycles. The molecule has 3 amide bonds. The van der Waals surface area contributed by atoms with Crippen molar-refractivity contribution in [3.05, 3.63) is 58.1 Å². The van der Waals surface area contributed by atoms with Gasteiger partial charge >= 0.3 is 0 Å². The zero-order valence-corrected chi connectivity index (χ0v) is 15.6. The van der Waals surface area contributed by atoms with Gasteiger partial charge in [0.05, 0.1) is 16.8 Å². The number of thiol groups is 1. The van der Waals surface area contributed by atoms with Gasteiger partial charge in [-0.2, -0.15) is 0 Å². The molecule has 2 aromatic rings. The molecule has 2 aromatic carbocycles. The standard InChI is InChI=1S/C18H15BrN2O3S/c19-11-7-8-12-13(10-11)18(24)21(17(12)23)9-3-6-16(22)20-14-4-1-2-5-15(14)25/h1-2,4-5,7-8,10,25H,3,6,9H2,(H,20,22). The Labute approximate surface area is 158 Å². The predicted molar refractivity (Wildman–Crippen MR) is 101 cm³/mol. The number of anilines is 1. The number of carbonyl (C=O) groups excluding carboxylic acids is 3. The fourth-order valence-corrected chi connectivity index (χ4v) is 3.23. The summed E-state index contributed by atoms with van der Waals surface area (Å²) in [5, 5.41) is 2.77. The van der Waals surface area contributed by atoms with Crippen molar-refractivity contribution in [1.82, 2.24) is 4.90 Å². The van der Waals surface area contributed by atoms with Crippen molar-refractivity contribution in [1.29, 1.82) is 0 Å². The molecule has 128 valence electrons. The lowest BCUT2D eigenvalue weighted by molar-refractivity contribution is -0.116. The molecule has 0 saturated heterocycles. The molecular weight excluding hydrogens is 404 g/mol. The summed E-state index contributed by atoms with van der Waals surface area (Å²) in [5.74, 6) is -0.808. The number of nitrogens with zero attached hydrogens (tertiary/aromatic N) is 1. The Hall–Kier alpha value is -2.12. The summed E-state index contributed by atoms with van der Waals surface area (Å²) in [4.78, 5) is 38.6. The van der Waals surface area contributed by atoms with Gasteiger partial charge < -0.3 is 5.32 Å². The minimum atomic E-state index is -0.317. The van der Waals surface area contributed by atoms with E-state index in [1.165, 1.54) is 4.90 Å². The summed E-state index contributed by atoms with van der Waals surface area (Å²) in [6.45, 7) is 0.208. The molecule has 0 saturated carbocycles. The van der Waals surface area contributed by atoms with E-state index in [9.17, 15) is 14.4 Å². The second-order valence-corrected chi connectivity index (χ2v) is 7.02. The van der Waals surface area contributed by atoms with Crippen LogP contribution in [-0.4, -0.2) is 29.2 Å². The fourth-order valence-electron chi connectivity index (χ4n) is 2.66. The van der Waals surface area contributed by atoms with Crippen LogP contribution in [0.2, 0.25) is 0 Å². The van der Waals surface area contributed by atoms with E-state index in [2.05, 4.69) is 33.9 Å². The molecule has 0 spiro atoms. The van der Waals surface area contributed by atoms with Crippen LogP contribution in [0.4, 0.5) is 5.69 Å². The number of fused-ring (bicyclic) bond motifs is 1. The first-order valence-electron chi connectivity index (χ1n) is 7.71. The van der Waals surface area contributed by atoms with E-state index in [4.69, 9.17) is 0 Å². The van der Waals surface area contributed by atoms with Gasteiger partial charge in [-0.3, -0.25) is 19.3 Å². The second kappa shape index (κ2) is 7.41. The lowest BCUT2D eigenvalue weighted by Crippen LogP contribution is -2.31. The van der Waals surface area contributed by atoms with E-state index in [1.807, 2.05) is 12.1 Å². The third kappa shape index (κ3) is 3.77. The van der Waals surface area contributed by atoms with Gasteiger partial charge in [0.15, 0.2) is 0 Å². The van der Waals surface area contributed by atoms with Crippen LogP contribution in [0.25, 0.3) is 0 Å². The maximum atomic E-state index is 12.3. The Morgan fingerprint density at radius 2 is 1.80 bits per heavy atom. The molecule has 0 bridgehead atoms. The SMILES string of the molecule is O=C(CCCN1C(=O)c2ccc(Br)cc2C1=O)Nc1ccccc1S. The summed E-state index contributed by atoms with van der Waals surface area (Å²) >= 11 is 7.58. The van der Waals surface area contributed by atoms with Gasteiger partial charge in [0, 0.05) is 22.3 Å². The number of nitrogens with one attached hydrogen (secondary N) is 1. The zero-order chi connectivity index (χ0) is 18.0. The quantitative estimate of drug-likeness (QED) is 0.573. The Morgan fingerprint density at radius 1 is 1.08 bits per heavy atom. The number of para-hydroxylation sites is 1. The maximum absolute atomic E-state index is 12.3. The molecule has 0 unspecified atom stereocenters. The van der Waals surface area contributed by atoms with Crippen molar-refractivity contribution in [3.63, 3.8) is 0 Å². The molecule has 5 nitrogen and oxygen atoms in total. The zero-order valence-electron chi connectivity index (χ0n) is 13.2. The normalized spacial score (nSPS) is 13.1. The average Bonchev–Trinajstić information content (AvgIpc) is 2.81. The molecule has 0 radical (unpaired) electrons. The van der Waals surface area contributed by atoms with E-state index in [0.29, 0.717) is 28.1 Å². The monoisotopic (exact) mass is 418 g/mol. The minimum Gasteiger partial charge on any atom is -0.325 e. The van der Waals surface area contributed by atoms with Crippen LogP contribution in [0.15, 0.2) is 51.8 Å². The second-order valence-electron chi connectivity index (χ2n) is 5.62. The maximum Gasteiger partial charge on any atom is 0.261 e. The van der Waals surface area contributed by atoms with Gasteiger partial charge in [0.25, 0.3) is 11.8 Å². The van der Waals surface area contributed by atoms with Gasteiger partial charge in [-0.15, -0.1) is 12.6 Å². The van der Waals surface area contributed by atoms with Crippen molar-refractivity contribution in [2.24, 2.45) is 0 Å². The number of carbonyl (C=O) groups is 3.